The number of nitrogens with one attached hydrogen (secondary N) is 1. The van der Waals surface area contributed by atoms with Crippen LogP contribution in [0.1, 0.15) is 15.4 Å². The van der Waals surface area contributed by atoms with Gasteiger partial charge in [0, 0.05) is 26.2 Å². The van der Waals surface area contributed by atoms with Crippen LogP contribution >= 0.6 is 46.7 Å². The number of carbonyl (C=O) groups excluding carboxylic acids is 1. The number of rotatable bonds is 2. The fraction of sp³-hybridized carbons (Fsp3) is 0.467. The molecule has 0 aromatic carbocycles. The van der Waals surface area contributed by atoms with Crippen molar-refractivity contribution in [2.45, 2.75) is 6.92 Å². The monoisotopic (exact) mass is 389 g/mol. The number of carbonyl (C=O) groups is 1. The average molecular weight is 390 g/mol. The molecule has 0 saturated carbocycles. The van der Waals surface area contributed by atoms with Gasteiger partial charge in [0.05, 0.1) is 14.9 Å². The molecule has 2 saturated heterocycles. The summed E-state index contributed by atoms with van der Waals surface area (Å²) in [5.74, 6) is 1.37. The summed E-state index contributed by atoms with van der Waals surface area (Å²) < 4.78 is 0.746. The first-order valence-corrected chi connectivity index (χ1v) is 9.36. The molecular formula is C15H17Cl2N3OS2. The van der Waals surface area contributed by atoms with E-state index in [9.17, 15) is 4.79 Å². The second-order valence-corrected chi connectivity index (χ2v) is 8.64. The van der Waals surface area contributed by atoms with Crippen LogP contribution in [0.2, 0.25) is 4.34 Å². The third-order valence-electron chi connectivity index (χ3n) is 4.45. The number of aryl methyl sites for hydroxylation is 1. The van der Waals surface area contributed by atoms with Crippen LogP contribution in [0.25, 0.3) is 9.88 Å². The molecule has 1 amide bonds. The van der Waals surface area contributed by atoms with E-state index in [0.717, 1.165) is 51.0 Å². The molecule has 23 heavy (non-hydrogen) atoms. The van der Waals surface area contributed by atoms with Crippen LogP contribution in [-0.2, 0) is 0 Å². The van der Waals surface area contributed by atoms with Crippen LogP contribution in [0.3, 0.4) is 0 Å². The molecule has 2 atom stereocenters. The van der Waals surface area contributed by atoms with Gasteiger partial charge in [-0.25, -0.2) is 4.98 Å². The highest BCUT2D eigenvalue weighted by molar-refractivity contribution is 7.24. The van der Waals surface area contributed by atoms with Crippen molar-refractivity contribution in [3.8, 4) is 9.88 Å². The van der Waals surface area contributed by atoms with Crippen molar-refractivity contribution < 1.29 is 4.79 Å². The highest BCUT2D eigenvalue weighted by Crippen LogP contribution is 2.36. The van der Waals surface area contributed by atoms with E-state index in [-0.39, 0.29) is 18.3 Å². The molecule has 0 spiro atoms. The van der Waals surface area contributed by atoms with E-state index < -0.39 is 0 Å². The number of hydrogen-bond acceptors (Lipinski definition) is 5. The Morgan fingerprint density at radius 2 is 2.00 bits per heavy atom. The SMILES string of the molecule is Cc1nc(-c2ccc(Cl)s2)sc1C(=O)N1C[C@H]2CNC[C@H]2C1.Cl. The quantitative estimate of drug-likeness (QED) is 0.853. The van der Waals surface area contributed by atoms with Crippen molar-refractivity contribution in [3.05, 3.63) is 27.0 Å². The lowest BCUT2D eigenvalue weighted by molar-refractivity contribution is 0.0785. The Kier molecular flexibility index (Phi) is 4.99. The van der Waals surface area contributed by atoms with Gasteiger partial charge in [0.2, 0.25) is 0 Å². The lowest BCUT2D eigenvalue weighted by atomic mass is 10.0. The van der Waals surface area contributed by atoms with Gasteiger partial charge in [-0.3, -0.25) is 4.79 Å². The van der Waals surface area contributed by atoms with Gasteiger partial charge in [0.25, 0.3) is 5.91 Å². The molecule has 0 unspecified atom stereocenters. The number of likely N-dealkylation sites (tertiary alicyclic amines) is 1. The summed E-state index contributed by atoms with van der Waals surface area (Å²) in [5.41, 5.74) is 0.824. The lowest BCUT2D eigenvalue weighted by Crippen LogP contribution is -2.31. The van der Waals surface area contributed by atoms with Crippen molar-refractivity contribution in [1.29, 1.82) is 0 Å². The molecule has 4 heterocycles. The first-order chi connectivity index (χ1) is 10.6. The third kappa shape index (κ3) is 3.15. The standard InChI is InChI=1S/C15H16ClN3OS2.ClH/c1-8-13(22-14(18-8)11-2-3-12(16)21-11)15(20)19-6-9-4-17-5-10(9)7-19;/h2-3,9-10,17H,4-7H2,1H3;1H/t9-,10+;. The van der Waals surface area contributed by atoms with Crippen LogP contribution in [0.15, 0.2) is 12.1 Å². The number of fused-ring (bicyclic) bond motifs is 1. The Hall–Kier alpha value is -0.660. The van der Waals surface area contributed by atoms with E-state index >= 15 is 0 Å². The molecule has 4 nitrogen and oxygen atoms in total. The maximum atomic E-state index is 12.8. The van der Waals surface area contributed by atoms with E-state index in [1.54, 1.807) is 0 Å². The molecule has 8 heteroatoms. The van der Waals surface area contributed by atoms with Crippen molar-refractivity contribution in [2.75, 3.05) is 26.2 Å². The van der Waals surface area contributed by atoms with Crippen LogP contribution in [0.5, 0.6) is 0 Å². The van der Waals surface area contributed by atoms with Gasteiger partial charge in [-0.15, -0.1) is 35.1 Å². The number of hydrogen-bond donors (Lipinski definition) is 1. The van der Waals surface area contributed by atoms with Crippen LogP contribution in [-0.4, -0.2) is 42.0 Å². The van der Waals surface area contributed by atoms with Crippen molar-refractivity contribution in [3.63, 3.8) is 0 Å². The van der Waals surface area contributed by atoms with Gasteiger partial charge < -0.3 is 10.2 Å². The molecule has 2 aromatic rings. The molecule has 2 aliphatic heterocycles. The Morgan fingerprint density at radius 3 is 2.61 bits per heavy atom. The van der Waals surface area contributed by atoms with Gasteiger partial charge >= 0.3 is 0 Å². The van der Waals surface area contributed by atoms with Gasteiger partial charge in [-0.2, -0.15) is 0 Å². The second-order valence-electron chi connectivity index (χ2n) is 5.93. The zero-order valence-corrected chi connectivity index (χ0v) is 15.7. The smallest absolute Gasteiger partial charge is 0.265 e. The number of halogens is 2. The Balaban J connectivity index is 0.00000156. The normalized spacial score (nSPS) is 23.0. The molecule has 0 aliphatic carbocycles. The fourth-order valence-electron chi connectivity index (χ4n) is 3.29. The summed E-state index contributed by atoms with van der Waals surface area (Å²) in [6.07, 6.45) is 0. The number of amides is 1. The van der Waals surface area contributed by atoms with E-state index in [0.29, 0.717) is 11.8 Å². The summed E-state index contributed by atoms with van der Waals surface area (Å²) in [4.78, 5) is 21.2. The van der Waals surface area contributed by atoms with Gasteiger partial charge in [-0.05, 0) is 30.9 Å². The number of aromatic nitrogens is 1. The predicted octanol–water partition coefficient (Wildman–Crippen LogP) is 3.55. The molecule has 1 N–H and O–H groups in total. The zero-order chi connectivity index (χ0) is 15.3. The van der Waals surface area contributed by atoms with Gasteiger partial charge in [0.15, 0.2) is 0 Å². The minimum Gasteiger partial charge on any atom is -0.337 e. The Labute approximate surface area is 154 Å². The minimum atomic E-state index is 0. The summed E-state index contributed by atoms with van der Waals surface area (Å²) in [6, 6.07) is 3.83. The van der Waals surface area contributed by atoms with Crippen molar-refractivity contribution >= 4 is 52.6 Å². The van der Waals surface area contributed by atoms with E-state index in [4.69, 9.17) is 11.6 Å². The molecule has 124 valence electrons. The first kappa shape index (κ1) is 17.2. The average Bonchev–Trinajstić information content (AvgIpc) is 3.19. The summed E-state index contributed by atoms with van der Waals surface area (Å²) in [7, 11) is 0. The second kappa shape index (κ2) is 6.69. The largest absolute Gasteiger partial charge is 0.337 e. The predicted molar refractivity (Wildman–Crippen MR) is 98.2 cm³/mol. The van der Waals surface area contributed by atoms with Gasteiger partial charge in [0.1, 0.15) is 9.88 Å². The molecule has 4 rings (SSSR count). The number of nitrogens with zero attached hydrogens (tertiary/aromatic N) is 2. The van der Waals surface area contributed by atoms with Crippen molar-refractivity contribution in [1.82, 2.24) is 15.2 Å². The highest BCUT2D eigenvalue weighted by Gasteiger charge is 2.39. The number of thiophene rings is 1. The van der Waals surface area contributed by atoms with Crippen molar-refractivity contribution in [2.24, 2.45) is 11.8 Å². The zero-order valence-electron chi connectivity index (χ0n) is 12.5. The third-order valence-corrected chi connectivity index (χ3v) is 7.00. The Morgan fingerprint density at radius 1 is 1.30 bits per heavy atom. The maximum Gasteiger partial charge on any atom is 0.265 e. The molecule has 2 fully saturated rings. The first-order valence-electron chi connectivity index (χ1n) is 7.35. The minimum absolute atomic E-state index is 0. The highest BCUT2D eigenvalue weighted by atomic mass is 35.5. The summed E-state index contributed by atoms with van der Waals surface area (Å²) in [5, 5.41) is 4.29. The van der Waals surface area contributed by atoms with Crippen LogP contribution in [0.4, 0.5) is 0 Å². The van der Waals surface area contributed by atoms with Gasteiger partial charge in [-0.1, -0.05) is 11.6 Å². The maximum absolute atomic E-state index is 12.8. The summed E-state index contributed by atoms with van der Waals surface area (Å²) in [6.45, 7) is 5.73. The molecule has 0 radical (unpaired) electrons. The Bertz CT molecular complexity index is 718. The molecule has 2 aliphatic rings. The van der Waals surface area contributed by atoms with Crippen LogP contribution in [0, 0.1) is 18.8 Å². The molecule has 2 aromatic heterocycles. The number of thiazole rings is 1. The fourth-order valence-corrected chi connectivity index (χ4v) is 5.43. The molecule has 0 bridgehead atoms. The van der Waals surface area contributed by atoms with E-state index in [1.807, 2.05) is 24.0 Å². The van der Waals surface area contributed by atoms with Crippen LogP contribution < -0.4 is 5.32 Å². The lowest BCUT2D eigenvalue weighted by Gasteiger charge is -2.16. The summed E-state index contributed by atoms with van der Waals surface area (Å²) >= 11 is 8.98. The van der Waals surface area contributed by atoms with E-state index in [1.165, 1.54) is 22.7 Å². The topological polar surface area (TPSA) is 45.2 Å². The van der Waals surface area contributed by atoms with E-state index in [2.05, 4.69) is 10.3 Å². The molecular weight excluding hydrogens is 373 g/mol.